The first-order valence-corrected chi connectivity index (χ1v) is 7.78. The Morgan fingerprint density at radius 2 is 2.30 bits per heavy atom. The van der Waals surface area contributed by atoms with Crippen molar-refractivity contribution in [2.45, 2.75) is 25.9 Å². The van der Waals surface area contributed by atoms with Crippen LogP contribution in [-0.2, 0) is 9.53 Å². The van der Waals surface area contributed by atoms with Crippen LogP contribution in [0.15, 0.2) is 24.3 Å². The SMILES string of the molecule is C[C@@H](CC(=O)O[C@@H]1CCSC1)C(=O)c1cccc(F)c1. The molecule has 0 aromatic heterocycles. The second-order valence-electron chi connectivity index (χ2n) is 4.96. The molecule has 0 radical (unpaired) electrons. The van der Waals surface area contributed by atoms with E-state index in [1.807, 2.05) is 0 Å². The van der Waals surface area contributed by atoms with Crippen LogP contribution in [0.25, 0.3) is 0 Å². The lowest BCUT2D eigenvalue weighted by Gasteiger charge is -2.13. The van der Waals surface area contributed by atoms with Gasteiger partial charge in [0.25, 0.3) is 0 Å². The number of Topliss-reactive ketones (excluding diaryl/α,β-unsaturated/α-hetero) is 1. The van der Waals surface area contributed by atoms with Crippen molar-refractivity contribution in [1.82, 2.24) is 0 Å². The molecule has 0 aliphatic carbocycles. The zero-order chi connectivity index (χ0) is 14.5. The van der Waals surface area contributed by atoms with Crippen molar-refractivity contribution in [3.8, 4) is 0 Å². The molecule has 0 amide bonds. The van der Waals surface area contributed by atoms with E-state index in [1.54, 1.807) is 24.8 Å². The monoisotopic (exact) mass is 296 g/mol. The first-order chi connectivity index (χ1) is 9.56. The van der Waals surface area contributed by atoms with E-state index in [2.05, 4.69) is 0 Å². The molecule has 1 aromatic rings. The van der Waals surface area contributed by atoms with E-state index in [0.29, 0.717) is 5.56 Å². The van der Waals surface area contributed by atoms with Gasteiger partial charge in [0.1, 0.15) is 11.9 Å². The summed E-state index contributed by atoms with van der Waals surface area (Å²) in [4.78, 5) is 23.8. The number of carbonyl (C=O) groups is 2. The van der Waals surface area contributed by atoms with Crippen LogP contribution in [0, 0.1) is 11.7 Å². The van der Waals surface area contributed by atoms with Crippen LogP contribution in [0.2, 0.25) is 0 Å². The van der Waals surface area contributed by atoms with Crippen molar-refractivity contribution < 1.29 is 18.7 Å². The summed E-state index contributed by atoms with van der Waals surface area (Å²) in [7, 11) is 0. The summed E-state index contributed by atoms with van der Waals surface area (Å²) < 4.78 is 18.4. The quantitative estimate of drug-likeness (QED) is 0.618. The fourth-order valence-electron chi connectivity index (χ4n) is 2.11. The molecule has 2 atom stereocenters. The Morgan fingerprint density at radius 3 is 2.95 bits per heavy atom. The van der Waals surface area contributed by atoms with Gasteiger partial charge in [-0.2, -0.15) is 11.8 Å². The first-order valence-electron chi connectivity index (χ1n) is 6.63. The van der Waals surface area contributed by atoms with Crippen LogP contribution in [-0.4, -0.2) is 29.4 Å². The minimum absolute atomic E-state index is 0.0241. The van der Waals surface area contributed by atoms with Gasteiger partial charge >= 0.3 is 5.97 Å². The highest BCUT2D eigenvalue weighted by atomic mass is 32.2. The van der Waals surface area contributed by atoms with Gasteiger partial charge in [-0.1, -0.05) is 19.1 Å². The Kier molecular flexibility index (Phi) is 5.17. The van der Waals surface area contributed by atoms with Gasteiger partial charge in [0, 0.05) is 17.2 Å². The number of esters is 1. The van der Waals surface area contributed by atoms with E-state index in [9.17, 15) is 14.0 Å². The highest BCUT2D eigenvalue weighted by Crippen LogP contribution is 2.21. The lowest BCUT2D eigenvalue weighted by atomic mass is 9.96. The standard InChI is InChI=1S/C15H17FO3S/c1-10(7-14(17)19-13-5-6-20-9-13)15(18)11-3-2-4-12(16)8-11/h2-4,8,10,13H,5-7,9H2,1H3/t10-,13+/m0/s1. The van der Waals surface area contributed by atoms with Crippen LogP contribution in [0.4, 0.5) is 4.39 Å². The van der Waals surface area contributed by atoms with Gasteiger partial charge < -0.3 is 4.74 Å². The van der Waals surface area contributed by atoms with Gasteiger partial charge in [-0.15, -0.1) is 0 Å². The number of hydrogen-bond acceptors (Lipinski definition) is 4. The van der Waals surface area contributed by atoms with Crippen molar-refractivity contribution in [2.24, 2.45) is 5.92 Å². The van der Waals surface area contributed by atoms with E-state index >= 15 is 0 Å². The average Bonchev–Trinajstić information content (AvgIpc) is 2.90. The predicted octanol–water partition coefficient (Wildman–Crippen LogP) is 3.08. The van der Waals surface area contributed by atoms with E-state index in [-0.39, 0.29) is 24.3 Å². The highest BCUT2D eigenvalue weighted by molar-refractivity contribution is 7.99. The summed E-state index contributed by atoms with van der Waals surface area (Å²) in [5.41, 5.74) is 0.293. The molecule has 0 saturated carbocycles. The lowest BCUT2D eigenvalue weighted by Crippen LogP contribution is -2.22. The van der Waals surface area contributed by atoms with E-state index in [1.165, 1.54) is 18.2 Å². The molecular formula is C15H17FO3S. The van der Waals surface area contributed by atoms with E-state index in [0.717, 1.165) is 17.9 Å². The molecule has 2 rings (SSSR count). The molecule has 1 saturated heterocycles. The number of ketones is 1. The summed E-state index contributed by atoms with van der Waals surface area (Å²) in [6.07, 6.45) is 0.892. The Labute approximate surface area is 121 Å². The molecule has 0 spiro atoms. The molecule has 1 aromatic carbocycles. The zero-order valence-corrected chi connectivity index (χ0v) is 12.1. The molecule has 108 valence electrons. The molecule has 20 heavy (non-hydrogen) atoms. The van der Waals surface area contributed by atoms with Gasteiger partial charge in [0.15, 0.2) is 5.78 Å². The Morgan fingerprint density at radius 1 is 1.50 bits per heavy atom. The molecule has 5 heteroatoms. The number of ether oxygens (including phenoxy) is 1. The average molecular weight is 296 g/mol. The number of thioether (sulfide) groups is 1. The minimum atomic E-state index is -0.502. The molecule has 1 aliphatic heterocycles. The topological polar surface area (TPSA) is 43.4 Å². The van der Waals surface area contributed by atoms with Gasteiger partial charge in [-0.05, 0) is 24.3 Å². The van der Waals surface area contributed by atoms with Crippen LogP contribution < -0.4 is 0 Å². The highest BCUT2D eigenvalue weighted by Gasteiger charge is 2.24. The van der Waals surface area contributed by atoms with Crippen molar-refractivity contribution in [2.75, 3.05) is 11.5 Å². The third kappa shape index (κ3) is 4.07. The van der Waals surface area contributed by atoms with Crippen molar-refractivity contribution in [1.29, 1.82) is 0 Å². The van der Waals surface area contributed by atoms with Crippen molar-refractivity contribution in [3.63, 3.8) is 0 Å². The molecule has 0 N–H and O–H groups in total. The molecule has 1 aliphatic rings. The largest absolute Gasteiger partial charge is 0.461 e. The summed E-state index contributed by atoms with van der Waals surface area (Å²) in [5, 5.41) is 0. The van der Waals surface area contributed by atoms with Gasteiger partial charge in [0.05, 0.1) is 6.42 Å². The summed E-state index contributed by atoms with van der Waals surface area (Å²) in [6, 6.07) is 5.52. The van der Waals surface area contributed by atoms with E-state index < -0.39 is 11.7 Å². The maximum atomic E-state index is 13.1. The maximum absolute atomic E-state index is 13.1. The Bertz CT molecular complexity index is 498. The minimum Gasteiger partial charge on any atom is -0.461 e. The smallest absolute Gasteiger partial charge is 0.306 e. The molecular weight excluding hydrogens is 279 g/mol. The van der Waals surface area contributed by atoms with Crippen molar-refractivity contribution >= 4 is 23.5 Å². The molecule has 0 bridgehead atoms. The van der Waals surface area contributed by atoms with Gasteiger partial charge in [-0.25, -0.2) is 4.39 Å². The number of rotatable bonds is 5. The molecule has 0 unspecified atom stereocenters. The third-order valence-corrected chi connectivity index (χ3v) is 4.35. The van der Waals surface area contributed by atoms with Gasteiger partial charge in [0.2, 0.25) is 0 Å². The summed E-state index contributed by atoms with van der Waals surface area (Å²) >= 11 is 1.76. The molecule has 3 nitrogen and oxygen atoms in total. The first kappa shape index (κ1) is 15.0. The van der Waals surface area contributed by atoms with E-state index in [4.69, 9.17) is 4.74 Å². The van der Waals surface area contributed by atoms with Crippen molar-refractivity contribution in [3.05, 3.63) is 35.6 Å². The van der Waals surface area contributed by atoms with Crippen LogP contribution >= 0.6 is 11.8 Å². The van der Waals surface area contributed by atoms with Crippen LogP contribution in [0.5, 0.6) is 0 Å². The lowest BCUT2D eigenvalue weighted by molar-refractivity contribution is -0.148. The fraction of sp³-hybridized carbons (Fsp3) is 0.467. The number of hydrogen-bond donors (Lipinski definition) is 0. The second kappa shape index (κ2) is 6.88. The summed E-state index contributed by atoms with van der Waals surface area (Å²) in [6.45, 7) is 1.66. The molecule has 1 fully saturated rings. The third-order valence-electron chi connectivity index (χ3n) is 3.22. The zero-order valence-electron chi connectivity index (χ0n) is 11.3. The van der Waals surface area contributed by atoms with Crippen LogP contribution in [0.3, 0.4) is 0 Å². The normalized spacial score (nSPS) is 19.6. The number of carbonyl (C=O) groups excluding carboxylic acids is 2. The predicted molar refractivity (Wildman–Crippen MR) is 76.3 cm³/mol. The second-order valence-corrected chi connectivity index (χ2v) is 6.11. The maximum Gasteiger partial charge on any atom is 0.306 e. The number of benzene rings is 1. The van der Waals surface area contributed by atoms with Gasteiger partial charge in [-0.3, -0.25) is 9.59 Å². The molecule has 1 heterocycles. The Hall–Kier alpha value is -1.36. The number of halogens is 1. The Balaban J connectivity index is 1.88. The summed E-state index contributed by atoms with van der Waals surface area (Å²) in [5.74, 6) is 0.303. The fourth-order valence-corrected chi connectivity index (χ4v) is 3.20. The van der Waals surface area contributed by atoms with Crippen LogP contribution in [0.1, 0.15) is 30.1 Å².